The van der Waals surface area contributed by atoms with Crippen molar-refractivity contribution in [1.29, 1.82) is 0 Å². The summed E-state index contributed by atoms with van der Waals surface area (Å²) in [6, 6.07) is 0. The van der Waals surface area contributed by atoms with Crippen LogP contribution in [0.2, 0.25) is 0 Å². The maximum atomic E-state index is 10.3. The summed E-state index contributed by atoms with van der Waals surface area (Å²) in [5.74, 6) is 0.365. The highest BCUT2D eigenvalue weighted by atomic mass is 35.8. The van der Waals surface area contributed by atoms with Crippen molar-refractivity contribution in [3.8, 4) is 0 Å². The molecule has 3 saturated heterocycles. The van der Waals surface area contributed by atoms with Gasteiger partial charge in [-0.15, -0.1) is 0 Å². The number of ether oxygens (including phenoxy) is 3. The van der Waals surface area contributed by atoms with E-state index in [9.17, 15) is 9.59 Å². The maximum Gasteiger partial charge on any atom is 0.643 e. The van der Waals surface area contributed by atoms with Gasteiger partial charge in [-0.3, -0.25) is 9.53 Å². The van der Waals surface area contributed by atoms with Crippen LogP contribution in [0.4, 0.5) is 0 Å². The van der Waals surface area contributed by atoms with Gasteiger partial charge in [-0.25, -0.2) is 30.1 Å². The first-order chi connectivity index (χ1) is 14.9. The standard InChI is InChI=1S/C7H10O2.C7H8O2.C4H3O.C3H4O.Al.3ClH/c2*8-4-5-3-6-1-2-7(5)9-6;1-2-4-5-3-1;1-2-3-4;;;;/h4-7H,1-3H2;1-2,4-7H,3H2;1-3H;2-3H,1H2;;3*1H/q;;+1;;+3;;;/p-3. The van der Waals surface area contributed by atoms with Crippen molar-refractivity contribution < 1.29 is 28.6 Å². The minimum atomic E-state index is -1.72. The number of hydrogen-bond acceptors (Lipinski definition) is 6. The van der Waals surface area contributed by atoms with Crippen molar-refractivity contribution in [3.63, 3.8) is 0 Å². The highest BCUT2D eigenvalue weighted by Crippen LogP contribution is 2.37. The Morgan fingerprint density at radius 3 is 1.90 bits per heavy atom. The van der Waals surface area contributed by atoms with Gasteiger partial charge in [0, 0.05) is 11.8 Å². The summed E-state index contributed by atoms with van der Waals surface area (Å²) in [4.78, 5) is 29.7. The minimum absolute atomic E-state index is 0.104. The normalized spacial score (nSPS) is 31.1. The Hall–Kier alpha value is -0.998. The number of hydrogen-bond donors (Lipinski definition) is 0. The second-order valence-corrected chi connectivity index (χ2v) is 13.3. The lowest BCUT2D eigenvalue weighted by Crippen LogP contribution is -2.16. The fraction of sp³-hybridized carbons (Fsp3) is 0.476. The summed E-state index contributed by atoms with van der Waals surface area (Å²) in [6.07, 6.45) is 20.6. The number of carbonyl (C=O) groups is 3. The van der Waals surface area contributed by atoms with Crippen LogP contribution in [0.3, 0.4) is 0 Å². The molecule has 0 saturated carbocycles. The molecule has 0 amide bonds. The summed E-state index contributed by atoms with van der Waals surface area (Å²) < 4.78 is 15.2. The molecule has 31 heavy (non-hydrogen) atoms. The second-order valence-electron chi connectivity index (χ2n) is 6.82. The molecular weight excluding hydrogens is 482 g/mol. The summed E-state index contributed by atoms with van der Waals surface area (Å²) >= 11 is -1.72. The topological polar surface area (TPSA) is 78.9 Å². The van der Waals surface area contributed by atoms with Crippen LogP contribution in [0, 0.1) is 18.1 Å². The third kappa shape index (κ3) is 11.4. The number of rotatable bonds is 3. The van der Waals surface area contributed by atoms with Gasteiger partial charge in [0.25, 0.3) is 6.26 Å². The Labute approximate surface area is 199 Å². The predicted octanol–water partition coefficient (Wildman–Crippen LogP) is 4.19. The molecule has 4 bridgehead atoms. The molecule has 6 atom stereocenters. The zero-order valence-electron chi connectivity index (χ0n) is 16.9. The number of carbonyl (C=O) groups excluding carboxylic acids is 3. The Balaban J connectivity index is 0.000000205. The van der Waals surface area contributed by atoms with E-state index in [-0.39, 0.29) is 30.1 Å². The smallest absolute Gasteiger partial charge is 0.374 e. The zero-order chi connectivity index (χ0) is 23.1. The molecule has 5 aliphatic rings. The molecular formula is C21H25AlCl3O6+. The van der Waals surface area contributed by atoms with Crippen LogP contribution in [0.1, 0.15) is 25.7 Å². The largest absolute Gasteiger partial charge is 0.643 e. The maximum absolute atomic E-state index is 10.3. The molecule has 0 radical (unpaired) electrons. The molecule has 0 aromatic carbocycles. The van der Waals surface area contributed by atoms with Crippen molar-refractivity contribution in [1.82, 2.24) is 0 Å². The van der Waals surface area contributed by atoms with Crippen molar-refractivity contribution in [2.45, 2.75) is 50.1 Å². The summed E-state index contributed by atoms with van der Waals surface area (Å²) in [7, 11) is 14.8. The second kappa shape index (κ2) is 16.6. The molecule has 0 aliphatic carbocycles. The first-order valence-corrected chi connectivity index (χ1v) is 15.0. The van der Waals surface area contributed by atoms with Gasteiger partial charge in [0.15, 0.2) is 6.08 Å². The van der Waals surface area contributed by atoms with Crippen LogP contribution < -0.4 is 0 Å². The van der Waals surface area contributed by atoms with Gasteiger partial charge in [-0.05, 0) is 31.8 Å². The van der Waals surface area contributed by atoms with E-state index in [1.54, 1.807) is 18.4 Å². The minimum Gasteiger partial charge on any atom is -0.374 e. The molecule has 0 aromatic heterocycles. The van der Waals surface area contributed by atoms with Crippen LogP contribution >= 0.6 is 30.1 Å². The summed E-state index contributed by atoms with van der Waals surface area (Å²) in [5, 5.41) is 0. The number of fused-ring (bicyclic) bond motifs is 4. The quantitative estimate of drug-likeness (QED) is 0.188. The van der Waals surface area contributed by atoms with Crippen LogP contribution in [0.25, 0.3) is 0 Å². The molecule has 0 aromatic rings. The van der Waals surface area contributed by atoms with E-state index in [0.717, 1.165) is 31.8 Å². The number of halogens is 3. The molecule has 5 heterocycles. The van der Waals surface area contributed by atoms with Gasteiger partial charge in [0.05, 0.1) is 24.4 Å². The van der Waals surface area contributed by atoms with E-state index in [2.05, 4.69) is 17.6 Å². The molecule has 5 rings (SSSR count). The Morgan fingerprint density at radius 1 is 1.00 bits per heavy atom. The summed E-state index contributed by atoms with van der Waals surface area (Å²) in [5.41, 5.74) is 0. The van der Waals surface area contributed by atoms with E-state index in [4.69, 9.17) is 44.4 Å². The molecule has 6 nitrogen and oxygen atoms in total. The SMILES string of the molecule is C=CC=O.O=CC1CC2C=CC1O2.O=CC1CC2CCC1O2.[C+]1=CC=CO1.[Cl][Al]([Cl])[Cl]. The number of allylic oxidation sites excluding steroid dienone is 3. The molecule has 5 aliphatic heterocycles. The van der Waals surface area contributed by atoms with E-state index < -0.39 is 11.4 Å². The monoisotopic (exact) mass is 505 g/mol. The zero-order valence-corrected chi connectivity index (χ0v) is 20.3. The van der Waals surface area contributed by atoms with E-state index in [1.807, 2.05) is 12.2 Å². The molecule has 0 N–H and O–H groups in total. The Morgan fingerprint density at radius 2 is 1.68 bits per heavy atom. The van der Waals surface area contributed by atoms with Crippen LogP contribution in [-0.2, 0) is 28.6 Å². The Bertz CT molecular complexity index is 636. The van der Waals surface area contributed by atoms with Gasteiger partial charge in [-0.2, -0.15) is 0 Å². The number of aldehydes is 3. The lowest BCUT2D eigenvalue weighted by molar-refractivity contribution is -0.112. The van der Waals surface area contributed by atoms with Crippen LogP contribution in [-0.4, -0.2) is 54.7 Å². The summed E-state index contributed by atoms with van der Waals surface area (Å²) in [6.45, 7) is 3.11. The Kier molecular flexibility index (Phi) is 15.0. The predicted molar refractivity (Wildman–Crippen MR) is 122 cm³/mol. The van der Waals surface area contributed by atoms with Gasteiger partial charge in [0.1, 0.15) is 24.9 Å². The van der Waals surface area contributed by atoms with Crippen molar-refractivity contribution in [2.75, 3.05) is 0 Å². The lowest BCUT2D eigenvalue weighted by Gasteiger charge is -2.09. The average molecular weight is 507 g/mol. The van der Waals surface area contributed by atoms with Gasteiger partial charge in [0.2, 0.25) is 6.26 Å². The van der Waals surface area contributed by atoms with Crippen LogP contribution in [0.5, 0.6) is 0 Å². The van der Waals surface area contributed by atoms with E-state index >= 15 is 0 Å². The van der Waals surface area contributed by atoms with Gasteiger partial charge in [-0.1, -0.05) is 18.7 Å². The molecule has 3 fully saturated rings. The van der Waals surface area contributed by atoms with E-state index in [0.29, 0.717) is 12.4 Å². The lowest BCUT2D eigenvalue weighted by atomic mass is 9.91. The van der Waals surface area contributed by atoms with Crippen molar-refractivity contribution in [3.05, 3.63) is 49.5 Å². The fourth-order valence-corrected chi connectivity index (χ4v) is 3.46. The van der Waals surface area contributed by atoms with Gasteiger partial charge >= 0.3 is 11.4 Å². The van der Waals surface area contributed by atoms with Crippen LogP contribution in [0.15, 0.2) is 43.2 Å². The fourth-order valence-electron chi connectivity index (χ4n) is 3.46. The molecule has 0 spiro atoms. The van der Waals surface area contributed by atoms with Crippen molar-refractivity contribution in [2.24, 2.45) is 11.8 Å². The van der Waals surface area contributed by atoms with E-state index in [1.165, 1.54) is 12.5 Å². The molecule has 6 unspecified atom stereocenters. The third-order valence-electron chi connectivity index (χ3n) is 4.75. The molecule has 168 valence electrons. The van der Waals surface area contributed by atoms with Gasteiger partial charge < -0.3 is 19.1 Å². The first-order valence-electron chi connectivity index (χ1n) is 9.72. The van der Waals surface area contributed by atoms with Crippen molar-refractivity contribution >= 4 is 60.4 Å². The highest BCUT2D eigenvalue weighted by Gasteiger charge is 2.40. The first kappa shape index (κ1) is 28.0. The third-order valence-corrected chi connectivity index (χ3v) is 4.75. The average Bonchev–Trinajstić information content (AvgIpc) is 3.61. The highest BCUT2D eigenvalue weighted by molar-refractivity contribution is 7.54. The molecule has 10 heteroatoms.